The molecule has 0 saturated carbocycles. The van der Waals surface area contributed by atoms with Crippen molar-refractivity contribution in [3.8, 4) is 22.4 Å². The number of methoxy groups -OCH3 is 2. The lowest BCUT2D eigenvalue weighted by atomic mass is 9.93. The highest BCUT2D eigenvalue weighted by atomic mass is 16.5. The summed E-state index contributed by atoms with van der Waals surface area (Å²) in [5, 5.41) is 0. The minimum Gasteiger partial charge on any atom is -0.465 e. The normalized spacial score (nSPS) is 10.3. The number of hydrogen-bond acceptors (Lipinski definition) is 5. The minimum absolute atomic E-state index is 0.0658. The van der Waals surface area contributed by atoms with E-state index in [-0.39, 0.29) is 11.3 Å². The van der Waals surface area contributed by atoms with Crippen LogP contribution >= 0.6 is 0 Å². The Hall–Kier alpha value is -3.47. The van der Waals surface area contributed by atoms with Crippen molar-refractivity contribution in [1.29, 1.82) is 0 Å². The molecule has 0 aliphatic rings. The molecule has 1 heterocycles. The Balaban J connectivity index is 2.39. The molecule has 1 aromatic heterocycles. The number of benzene rings is 2. The predicted octanol–water partition coefficient (Wildman–Crippen LogP) is 4.30. The van der Waals surface area contributed by atoms with E-state index in [9.17, 15) is 9.59 Å². The number of nitrogens with zero attached hydrogens (tertiary/aromatic N) is 1. The molecule has 5 nitrogen and oxygen atoms in total. The number of pyridine rings is 1. The fourth-order valence-corrected chi connectivity index (χ4v) is 2.94. The molecule has 0 amide bonds. The van der Waals surface area contributed by atoms with Crippen molar-refractivity contribution in [1.82, 2.24) is 4.98 Å². The van der Waals surface area contributed by atoms with Crippen LogP contribution in [0.3, 0.4) is 0 Å². The number of rotatable bonds is 4. The van der Waals surface area contributed by atoms with Crippen LogP contribution in [-0.4, -0.2) is 31.1 Å². The molecule has 0 aliphatic heterocycles. The number of esters is 2. The monoisotopic (exact) mass is 361 g/mol. The van der Waals surface area contributed by atoms with Crippen molar-refractivity contribution in [3.05, 3.63) is 77.5 Å². The van der Waals surface area contributed by atoms with E-state index in [4.69, 9.17) is 9.47 Å². The van der Waals surface area contributed by atoms with E-state index in [1.807, 2.05) is 61.5 Å². The van der Waals surface area contributed by atoms with Crippen molar-refractivity contribution in [2.45, 2.75) is 6.92 Å². The van der Waals surface area contributed by atoms with Crippen LogP contribution in [0.1, 0.15) is 26.4 Å². The maximum Gasteiger partial charge on any atom is 0.357 e. The molecular formula is C22H19NO4. The second-order valence-corrected chi connectivity index (χ2v) is 5.94. The molecule has 0 bridgehead atoms. The quantitative estimate of drug-likeness (QED) is 0.648. The van der Waals surface area contributed by atoms with Crippen LogP contribution in [0.25, 0.3) is 22.4 Å². The van der Waals surface area contributed by atoms with Gasteiger partial charge >= 0.3 is 11.9 Å². The zero-order valence-corrected chi connectivity index (χ0v) is 15.4. The number of hydrogen-bond donors (Lipinski definition) is 0. The van der Waals surface area contributed by atoms with E-state index in [1.165, 1.54) is 14.2 Å². The van der Waals surface area contributed by atoms with E-state index >= 15 is 0 Å². The second-order valence-electron chi connectivity index (χ2n) is 5.94. The van der Waals surface area contributed by atoms with Gasteiger partial charge in [-0.1, -0.05) is 54.6 Å². The Morgan fingerprint density at radius 1 is 0.815 bits per heavy atom. The zero-order valence-electron chi connectivity index (χ0n) is 15.4. The summed E-state index contributed by atoms with van der Waals surface area (Å²) in [4.78, 5) is 29.4. The Bertz CT molecular complexity index is 996. The van der Waals surface area contributed by atoms with Crippen LogP contribution in [0, 0.1) is 6.92 Å². The van der Waals surface area contributed by atoms with E-state index in [0.29, 0.717) is 11.3 Å². The summed E-state index contributed by atoms with van der Waals surface area (Å²) < 4.78 is 9.81. The number of aryl methyl sites for hydroxylation is 1. The molecule has 0 radical (unpaired) electrons. The predicted molar refractivity (Wildman–Crippen MR) is 103 cm³/mol. The average Bonchev–Trinajstić information content (AvgIpc) is 2.72. The summed E-state index contributed by atoms with van der Waals surface area (Å²) in [6.07, 6.45) is 0. The van der Waals surface area contributed by atoms with E-state index < -0.39 is 11.9 Å². The smallest absolute Gasteiger partial charge is 0.357 e. The molecule has 136 valence electrons. The standard InChI is InChI=1S/C22H19NO4/c1-14-9-7-8-12-16(14)17-13-18(15-10-5-4-6-11-15)23-20(22(25)27-3)19(17)21(24)26-2/h4-13H,1-3H3. The van der Waals surface area contributed by atoms with Crippen LogP contribution in [0.2, 0.25) is 0 Å². The third-order valence-corrected chi connectivity index (χ3v) is 4.29. The summed E-state index contributed by atoms with van der Waals surface area (Å²) in [6.45, 7) is 1.94. The fraction of sp³-hybridized carbons (Fsp3) is 0.136. The summed E-state index contributed by atoms with van der Waals surface area (Å²) >= 11 is 0. The summed E-state index contributed by atoms with van der Waals surface area (Å²) in [7, 11) is 2.53. The highest BCUT2D eigenvalue weighted by molar-refractivity contribution is 6.07. The van der Waals surface area contributed by atoms with Gasteiger partial charge in [-0.05, 0) is 24.1 Å². The molecule has 0 unspecified atom stereocenters. The van der Waals surface area contributed by atoms with Crippen LogP contribution in [0.15, 0.2) is 60.7 Å². The Labute approximate surface area is 157 Å². The largest absolute Gasteiger partial charge is 0.465 e. The first-order valence-corrected chi connectivity index (χ1v) is 8.40. The van der Waals surface area contributed by atoms with Gasteiger partial charge in [0, 0.05) is 11.1 Å². The van der Waals surface area contributed by atoms with Gasteiger partial charge < -0.3 is 9.47 Å². The van der Waals surface area contributed by atoms with Gasteiger partial charge in [0.25, 0.3) is 0 Å². The molecule has 5 heteroatoms. The molecule has 0 N–H and O–H groups in total. The number of ether oxygens (including phenoxy) is 2. The Kier molecular flexibility index (Phi) is 5.31. The molecule has 0 aliphatic carbocycles. The van der Waals surface area contributed by atoms with E-state index in [0.717, 1.165) is 16.7 Å². The van der Waals surface area contributed by atoms with Gasteiger partial charge in [0.2, 0.25) is 0 Å². The molecular weight excluding hydrogens is 342 g/mol. The highest BCUT2D eigenvalue weighted by Gasteiger charge is 2.27. The van der Waals surface area contributed by atoms with Crippen molar-refractivity contribution >= 4 is 11.9 Å². The molecule has 3 rings (SSSR count). The molecule has 3 aromatic rings. The number of aromatic nitrogens is 1. The van der Waals surface area contributed by atoms with Gasteiger partial charge in [0.05, 0.1) is 19.9 Å². The highest BCUT2D eigenvalue weighted by Crippen LogP contribution is 2.33. The Morgan fingerprint density at radius 3 is 2.07 bits per heavy atom. The molecule has 0 fully saturated rings. The summed E-state index contributed by atoms with van der Waals surface area (Å²) in [5.74, 6) is -1.33. The number of carbonyl (C=O) groups excluding carboxylic acids is 2. The maximum atomic E-state index is 12.5. The molecule has 0 atom stereocenters. The first kappa shape index (κ1) is 18.3. The van der Waals surface area contributed by atoms with Crippen LogP contribution in [0.4, 0.5) is 0 Å². The van der Waals surface area contributed by atoms with E-state index in [1.54, 1.807) is 6.07 Å². The molecule has 0 spiro atoms. The lowest BCUT2D eigenvalue weighted by Gasteiger charge is -2.15. The molecule has 2 aromatic carbocycles. The topological polar surface area (TPSA) is 65.5 Å². The third kappa shape index (κ3) is 3.58. The van der Waals surface area contributed by atoms with Crippen molar-refractivity contribution in [3.63, 3.8) is 0 Å². The molecule has 0 saturated heterocycles. The number of carbonyl (C=O) groups is 2. The zero-order chi connectivity index (χ0) is 19.4. The van der Waals surface area contributed by atoms with Gasteiger partial charge in [-0.15, -0.1) is 0 Å². The van der Waals surface area contributed by atoms with Crippen molar-refractivity contribution < 1.29 is 19.1 Å². The van der Waals surface area contributed by atoms with Crippen molar-refractivity contribution in [2.24, 2.45) is 0 Å². The van der Waals surface area contributed by atoms with Gasteiger partial charge in [-0.2, -0.15) is 0 Å². The first-order chi connectivity index (χ1) is 13.1. The first-order valence-electron chi connectivity index (χ1n) is 8.40. The van der Waals surface area contributed by atoms with Gasteiger partial charge in [0.15, 0.2) is 5.69 Å². The third-order valence-electron chi connectivity index (χ3n) is 4.29. The van der Waals surface area contributed by atoms with Crippen LogP contribution < -0.4 is 0 Å². The second kappa shape index (κ2) is 7.83. The minimum atomic E-state index is -0.692. The van der Waals surface area contributed by atoms with Crippen LogP contribution in [0.5, 0.6) is 0 Å². The lowest BCUT2D eigenvalue weighted by Crippen LogP contribution is -2.16. The van der Waals surface area contributed by atoms with Gasteiger partial charge in [0.1, 0.15) is 5.56 Å². The van der Waals surface area contributed by atoms with E-state index in [2.05, 4.69) is 4.98 Å². The average molecular weight is 361 g/mol. The summed E-state index contributed by atoms with van der Waals surface area (Å²) in [5.41, 5.74) is 3.79. The SMILES string of the molecule is COC(=O)c1nc(-c2ccccc2)cc(-c2ccccc2C)c1C(=O)OC. The Morgan fingerprint density at radius 2 is 1.44 bits per heavy atom. The molecule has 27 heavy (non-hydrogen) atoms. The maximum absolute atomic E-state index is 12.5. The lowest BCUT2D eigenvalue weighted by molar-refractivity contribution is 0.0550. The summed E-state index contributed by atoms with van der Waals surface area (Å²) in [6, 6.07) is 18.9. The fourth-order valence-electron chi connectivity index (χ4n) is 2.94. The van der Waals surface area contributed by atoms with Gasteiger partial charge in [-0.25, -0.2) is 14.6 Å². The van der Waals surface area contributed by atoms with Crippen molar-refractivity contribution in [2.75, 3.05) is 14.2 Å². The van der Waals surface area contributed by atoms with Gasteiger partial charge in [-0.3, -0.25) is 0 Å². The van der Waals surface area contributed by atoms with Crippen LogP contribution in [-0.2, 0) is 9.47 Å².